The van der Waals surface area contributed by atoms with Crippen LogP contribution in [0.2, 0.25) is 0 Å². The van der Waals surface area contributed by atoms with Crippen molar-refractivity contribution in [2.75, 3.05) is 0 Å². The average molecular weight is 153 g/mol. The van der Waals surface area contributed by atoms with Gasteiger partial charge in [-0.05, 0) is 6.92 Å². The third-order valence-corrected chi connectivity index (χ3v) is 1.76. The first-order valence-corrected chi connectivity index (χ1v) is 3.79. The summed E-state index contributed by atoms with van der Waals surface area (Å²) in [5.41, 5.74) is 0.0933. The topological polar surface area (TPSA) is 30.7 Å². The molecule has 0 saturated carbocycles. The van der Waals surface area contributed by atoms with Crippen LogP contribution in [0.3, 0.4) is 0 Å². The molecule has 1 rings (SSSR count). The monoisotopic (exact) mass is 153 g/mol. The van der Waals surface area contributed by atoms with Crippen molar-refractivity contribution in [2.45, 2.75) is 33.1 Å². The summed E-state index contributed by atoms with van der Waals surface area (Å²) in [4.78, 5) is 0. The lowest BCUT2D eigenvalue weighted by Gasteiger charge is -2.16. The van der Waals surface area contributed by atoms with Crippen molar-refractivity contribution in [2.24, 2.45) is 7.05 Å². The van der Waals surface area contributed by atoms with Gasteiger partial charge < -0.3 is 4.57 Å². The number of aryl methyl sites for hydroxylation is 1. The van der Waals surface area contributed by atoms with Gasteiger partial charge in [0.1, 0.15) is 11.6 Å². The maximum atomic E-state index is 4.10. The fourth-order valence-corrected chi connectivity index (χ4v) is 1.06. The number of nitrogens with zero attached hydrogens (tertiary/aromatic N) is 3. The summed E-state index contributed by atoms with van der Waals surface area (Å²) in [6, 6.07) is 0. The third kappa shape index (κ3) is 1.42. The minimum absolute atomic E-state index is 0.0933. The Kier molecular flexibility index (Phi) is 1.74. The van der Waals surface area contributed by atoms with Crippen molar-refractivity contribution < 1.29 is 0 Å². The lowest BCUT2D eigenvalue weighted by atomic mass is 9.96. The van der Waals surface area contributed by atoms with Gasteiger partial charge in [0.2, 0.25) is 0 Å². The van der Waals surface area contributed by atoms with Crippen LogP contribution in [0, 0.1) is 6.92 Å². The first-order chi connectivity index (χ1) is 4.93. The molecule has 11 heavy (non-hydrogen) atoms. The van der Waals surface area contributed by atoms with Crippen LogP contribution in [0.15, 0.2) is 0 Å². The highest BCUT2D eigenvalue weighted by atomic mass is 15.3. The molecule has 0 unspecified atom stereocenters. The standard InChI is InChI=1S/C8H15N3/c1-6-9-10-7(11(6)5)8(2,3)4/h1-5H3. The van der Waals surface area contributed by atoms with E-state index in [1.165, 1.54) is 0 Å². The molecule has 3 nitrogen and oxygen atoms in total. The van der Waals surface area contributed by atoms with Crippen LogP contribution in [-0.4, -0.2) is 14.8 Å². The highest BCUT2D eigenvalue weighted by Gasteiger charge is 2.20. The van der Waals surface area contributed by atoms with Gasteiger partial charge in [0.15, 0.2) is 0 Å². The van der Waals surface area contributed by atoms with Crippen LogP contribution in [0.4, 0.5) is 0 Å². The maximum absolute atomic E-state index is 4.10. The SMILES string of the molecule is Cc1nnc(C(C)(C)C)n1C. The highest BCUT2D eigenvalue weighted by Crippen LogP contribution is 2.19. The van der Waals surface area contributed by atoms with Gasteiger partial charge in [0.05, 0.1) is 0 Å². The quantitative estimate of drug-likeness (QED) is 0.564. The number of hydrogen-bond acceptors (Lipinski definition) is 2. The second-order valence-corrected chi connectivity index (χ2v) is 3.88. The van der Waals surface area contributed by atoms with E-state index in [0.29, 0.717) is 0 Å². The van der Waals surface area contributed by atoms with E-state index in [9.17, 15) is 0 Å². The third-order valence-electron chi connectivity index (χ3n) is 1.76. The van der Waals surface area contributed by atoms with Crippen LogP contribution >= 0.6 is 0 Å². The predicted molar refractivity (Wildman–Crippen MR) is 44.4 cm³/mol. The van der Waals surface area contributed by atoms with Gasteiger partial charge >= 0.3 is 0 Å². The summed E-state index contributed by atoms with van der Waals surface area (Å²) in [5.74, 6) is 2.00. The first-order valence-electron chi connectivity index (χ1n) is 3.79. The minimum Gasteiger partial charge on any atom is -0.318 e. The summed E-state index contributed by atoms with van der Waals surface area (Å²) in [6.45, 7) is 8.37. The molecule has 0 spiro atoms. The molecule has 0 N–H and O–H groups in total. The van der Waals surface area contributed by atoms with Gasteiger partial charge in [0.25, 0.3) is 0 Å². The molecule has 0 aliphatic heterocycles. The molecule has 1 aromatic heterocycles. The minimum atomic E-state index is 0.0933. The average Bonchev–Trinajstić information content (AvgIpc) is 2.11. The molecule has 0 aromatic carbocycles. The van der Waals surface area contributed by atoms with Crippen molar-refractivity contribution in [3.05, 3.63) is 11.6 Å². The molecule has 0 radical (unpaired) electrons. The van der Waals surface area contributed by atoms with E-state index in [1.807, 2.05) is 18.5 Å². The van der Waals surface area contributed by atoms with Crippen LogP contribution in [0.1, 0.15) is 32.4 Å². The summed E-state index contributed by atoms with van der Waals surface area (Å²) in [6.07, 6.45) is 0. The van der Waals surface area contributed by atoms with Gasteiger partial charge in [-0.3, -0.25) is 0 Å². The Labute approximate surface area is 67.4 Å². The summed E-state index contributed by atoms with van der Waals surface area (Å²) in [7, 11) is 2.00. The smallest absolute Gasteiger partial charge is 0.138 e. The van der Waals surface area contributed by atoms with Gasteiger partial charge in [-0.15, -0.1) is 10.2 Å². The van der Waals surface area contributed by atoms with Crippen molar-refractivity contribution in [3.63, 3.8) is 0 Å². The van der Waals surface area contributed by atoms with Gasteiger partial charge in [-0.25, -0.2) is 0 Å². The second-order valence-electron chi connectivity index (χ2n) is 3.88. The summed E-state index contributed by atoms with van der Waals surface area (Å²) >= 11 is 0. The molecular weight excluding hydrogens is 138 g/mol. The van der Waals surface area contributed by atoms with E-state index >= 15 is 0 Å². The Balaban J connectivity index is 3.15. The Hall–Kier alpha value is -0.860. The molecule has 3 heteroatoms. The summed E-state index contributed by atoms with van der Waals surface area (Å²) in [5, 5.41) is 8.10. The molecule has 0 aliphatic carbocycles. The molecule has 0 fully saturated rings. The molecule has 0 aliphatic rings. The molecule has 0 atom stereocenters. The Morgan fingerprint density at radius 1 is 1.18 bits per heavy atom. The Morgan fingerprint density at radius 3 is 1.91 bits per heavy atom. The van der Waals surface area contributed by atoms with Crippen LogP contribution in [0.5, 0.6) is 0 Å². The lowest BCUT2D eigenvalue weighted by molar-refractivity contribution is 0.518. The Morgan fingerprint density at radius 2 is 1.73 bits per heavy atom. The molecule has 1 aromatic rings. The molecule has 0 amide bonds. The van der Waals surface area contributed by atoms with E-state index < -0.39 is 0 Å². The van der Waals surface area contributed by atoms with Crippen molar-refractivity contribution in [1.82, 2.24) is 14.8 Å². The van der Waals surface area contributed by atoms with Gasteiger partial charge in [-0.1, -0.05) is 20.8 Å². The Bertz CT molecular complexity index is 255. The van der Waals surface area contributed by atoms with Gasteiger partial charge in [-0.2, -0.15) is 0 Å². The molecule has 62 valence electrons. The number of aromatic nitrogens is 3. The fourth-order valence-electron chi connectivity index (χ4n) is 1.06. The van der Waals surface area contributed by atoms with Crippen LogP contribution in [0.25, 0.3) is 0 Å². The maximum Gasteiger partial charge on any atom is 0.138 e. The lowest BCUT2D eigenvalue weighted by Crippen LogP contribution is -2.17. The zero-order valence-electron chi connectivity index (χ0n) is 7.84. The van der Waals surface area contributed by atoms with Crippen LogP contribution in [-0.2, 0) is 12.5 Å². The van der Waals surface area contributed by atoms with E-state index in [-0.39, 0.29) is 5.41 Å². The predicted octanol–water partition coefficient (Wildman–Crippen LogP) is 1.42. The molecular formula is C8H15N3. The highest BCUT2D eigenvalue weighted by molar-refractivity contribution is 5.03. The number of rotatable bonds is 0. The van der Waals surface area contributed by atoms with Crippen molar-refractivity contribution in [3.8, 4) is 0 Å². The zero-order chi connectivity index (χ0) is 8.65. The van der Waals surface area contributed by atoms with E-state index in [1.54, 1.807) is 0 Å². The molecule has 0 saturated heterocycles. The number of hydrogen-bond donors (Lipinski definition) is 0. The van der Waals surface area contributed by atoms with Crippen molar-refractivity contribution >= 4 is 0 Å². The fraction of sp³-hybridized carbons (Fsp3) is 0.750. The van der Waals surface area contributed by atoms with Crippen molar-refractivity contribution in [1.29, 1.82) is 0 Å². The zero-order valence-corrected chi connectivity index (χ0v) is 7.84. The normalized spacial score (nSPS) is 12.1. The van der Waals surface area contributed by atoms with E-state index in [2.05, 4.69) is 31.0 Å². The largest absolute Gasteiger partial charge is 0.318 e. The van der Waals surface area contributed by atoms with E-state index in [4.69, 9.17) is 0 Å². The van der Waals surface area contributed by atoms with Gasteiger partial charge in [0, 0.05) is 12.5 Å². The first kappa shape index (κ1) is 8.24. The molecule has 1 heterocycles. The second kappa shape index (κ2) is 2.32. The van der Waals surface area contributed by atoms with Crippen LogP contribution < -0.4 is 0 Å². The van der Waals surface area contributed by atoms with E-state index in [0.717, 1.165) is 11.6 Å². The summed E-state index contributed by atoms with van der Waals surface area (Å²) < 4.78 is 2.03. The molecule has 0 bridgehead atoms.